The van der Waals surface area contributed by atoms with Gasteiger partial charge in [-0.25, -0.2) is 0 Å². The third kappa shape index (κ3) is 5.21. The Morgan fingerprint density at radius 2 is 2.19 bits per heavy atom. The first-order chi connectivity index (χ1) is 15.7. The first-order valence-electron chi connectivity index (χ1n) is 10.7. The van der Waals surface area contributed by atoms with Crippen molar-refractivity contribution in [1.29, 1.82) is 5.26 Å². The lowest BCUT2D eigenvalue weighted by Crippen LogP contribution is -2.37. The molecule has 3 heterocycles. The second kappa shape index (κ2) is 10.8. The summed E-state index contributed by atoms with van der Waals surface area (Å²) in [5.74, 6) is 0.753. The van der Waals surface area contributed by atoms with Crippen molar-refractivity contribution < 1.29 is 9.53 Å². The van der Waals surface area contributed by atoms with Crippen molar-refractivity contribution in [2.45, 2.75) is 49.2 Å². The van der Waals surface area contributed by atoms with E-state index in [1.54, 1.807) is 16.2 Å². The molecule has 1 amide bonds. The molecule has 1 saturated heterocycles. The maximum atomic E-state index is 13.4. The Hall–Kier alpha value is -2.67. The maximum absolute atomic E-state index is 13.4. The lowest BCUT2D eigenvalue weighted by atomic mass is 10.2. The van der Waals surface area contributed by atoms with Crippen molar-refractivity contribution in [2.75, 3.05) is 18.1 Å². The van der Waals surface area contributed by atoms with E-state index in [9.17, 15) is 4.79 Å². The molecule has 9 heteroatoms. The largest absolute Gasteiger partial charge is 0.376 e. The molecule has 32 heavy (non-hydrogen) atoms. The van der Waals surface area contributed by atoms with Gasteiger partial charge in [-0.2, -0.15) is 5.26 Å². The summed E-state index contributed by atoms with van der Waals surface area (Å²) in [5.41, 5.74) is 0.792. The van der Waals surface area contributed by atoms with E-state index >= 15 is 0 Å². The van der Waals surface area contributed by atoms with E-state index in [2.05, 4.69) is 20.8 Å². The molecule has 1 fully saturated rings. The summed E-state index contributed by atoms with van der Waals surface area (Å²) in [6, 6.07) is 15.6. The third-order valence-electron chi connectivity index (χ3n) is 5.28. The van der Waals surface area contributed by atoms with Gasteiger partial charge in [0.15, 0.2) is 11.0 Å². The molecule has 2 aromatic heterocycles. The van der Waals surface area contributed by atoms with E-state index in [1.165, 1.54) is 11.8 Å². The van der Waals surface area contributed by atoms with Gasteiger partial charge < -0.3 is 9.64 Å². The third-order valence-corrected chi connectivity index (χ3v) is 7.21. The highest BCUT2D eigenvalue weighted by Crippen LogP contribution is 2.31. The van der Waals surface area contributed by atoms with Crippen molar-refractivity contribution in [3.8, 4) is 16.8 Å². The Morgan fingerprint density at radius 1 is 1.34 bits per heavy atom. The van der Waals surface area contributed by atoms with Gasteiger partial charge in [-0.3, -0.25) is 9.36 Å². The Bertz CT molecular complexity index is 1060. The Labute approximate surface area is 196 Å². The molecule has 4 rings (SSSR count). The number of amides is 1. The summed E-state index contributed by atoms with van der Waals surface area (Å²) in [6.45, 7) is 3.68. The zero-order valence-corrected chi connectivity index (χ0v) is 19.5. The first kappa shape index (κ1) is 22.5. The van der Waals surface area contributed by atoms with Crippen molar-refractivity contribution in [3.05, 3.63) is 47.8 Å². The molecule has 0 saturated carbocycles. The topological polar surface area (TPSA) is 84.0 Å². The van der Waals surface area contributed by atoms with Crippen LogP contribution < -0.4 is 4.90 Å². The molecule has 7 nitrogen and oxygen atoms in total. The summed E-state index contributed by atoms with van der Waals surface area (Å²) >= 11 is 3.02. The van der Waals surface area contributed by atoms with Crippen LogP contribution in [0.5, 0.6) is 0 Å². The number of carbonyl (C=O) groups excluding carboxylic acids is 1. The van der Waals surface area contributed by atoms with Crippen LogP contribution in [0.1, 0.15) is 26.2 Å². The average molecular weight is 468 g/mol. The highest BCUT2D eigenvalue weighted by molar-refractivity contribution is 8.00. The van der Waals surface area contributed by atoms with E-state index in [1.807, 2.05) is 54.8 Å². The minimum Gasteiger partial charge on any atom is -0.376 e. The number of hydrogen-bond acceptors (Lipinski definition) is 7. The van der Waals surface area contributed by atoms with Gasteiger partial charge in [0.25, 0.3) is 0 Å². The molecule has 0 aliphatic carbocycles. The molecule has 2 atom stereocenters. The number of para-hydroxylation sites is 1. The second-order valence-electron chi connectivity index (χ2n) is 7.52. The zero-order valence-electron chi connectivity index (χ0n) is 17.9. The molecule has 1 aromatic carbocycles. The van der Waals surface area contributed by atoms with E-state index in [0.29, 0.717) is 18.2 Å². The highest BCUT2D eigenvalue weighted by atomic mass is 32.2. The Morgan fingerprint density at radius 3 is 2.88 bits per heavy atom. The molecule has 3 aromatic rings. The quantitative estimate of drug-likeness (QED) is 0.427. The molecule has 0 bridgehead atoms. The van der Waals surface area contributed by atoms with Gasteiger partial charge in [0.05, 0.1) is 35.3 Å². The standard InChI is InChI=1S/C23H25N5O2S2/c1-17(22(29)27(13-7-12-24)18-8-3-2-4-9-18)32-23-26-25-21(20-11-6-15-31-20)28(23)16-19-10-5-14-30-19/h2-4,6,8-9,11,15,17,19H,5,7,10,13-14,16H2,1H3. The van der Waals surface area contributed by atoms with Gasteiger partial charge in [0.1, 0.15) is 0 Å². The molecule has 1 aliphatic rings. The number of aromatic nitrogens is 3. The van der Waals surface area contributed by atoms with Crippen LogP contribution in [-0.4, -0.2) is 45.2 Å². The van der Waals surface area contributed by atoms with Gasteiger partial charge in [-0.1, -0.05) is 36.0 Å². The van der Waals surface area contributed by atoms with Gasteiger partial charge in [0, 0.05) is 18.8 Å². The molecular formula is C23H25N5O2S2. The smallest absolute Gasteiger partial charge is 0.240 e. The van der Waals surface area contributed by atoms with Crippen LogP contribution in [0.3, 0.4) is 0 Å². The fourth-order valence-corrected chi connectivity index (χ4v) is 5.32. The van der Waals surface area contributed by atoms with Crippen LogP contribution in [0.2, 0.25) is 0 Å². The lowest BCUT2D eigenvalue weighted by Gasteiger charge is -2.25. The summed E-state index contributed by atoms with van der Waals surface area (Å²) in [6.07, 6.45) is 2.47. The number of ether oxygens (including phenoxy) is 1. The second-order valence-corrected chi connectivity index (χ2v) is 9.78. The molecular weight excluding hydrogens is 442 g/mol. The zero-order chi connectivity index (χ0) is 22.3. The van der Waals surface area contributed by atoms with E-state index in [4.69, 9.17) is 10.00 Å². The van der Waals surface area contributed by atoms with Crippen LogP contribution in [0.25, 0.3) is 10.7 Å². The van der Waals surface area contributed by atoms with Crippen molar-refractivity contribution in [1.82, 2.24) is 14.8 Å². The van der Waals surface area contributed by atoms with Crippen molar-refractivity contribution >= 4 is 34.7 Å². The van der Waals surface area contributed by atoms with Crippen LogP contribution in [-0.2, 0) is 16.1 Å². The minimum absolute atomic E-state index is 0.0548. The minimum atomic E-state index is -0.391. The predicted molar refractivity (Wildman–Crippen MR) is 127 cm³/mol. The van der Waals surface area contributed by atoms with E-state index in [-0.39, 0.29) is 18.4 Å². The highest BCUT2D eigenvalue weighted by Gasteiger charge is 2.27. The number of thioether (sulfide) groups is 1. The van der Waals surface area contributed by atoms with Crippen LogP contribution in [0.15, 0.2) is 53.0 Å². The SMILES string of the molecule is CC(Sc1nnc(-c2cccs2)n1CC1CCCO1)C(=O)N(CCC#N)c1ccccc1. The molecule has 166 valence electrons. The lowest BCUT2D eigenvalue weighted by molar-refractivity contribution is -0.117. The van der Waals surface area contributed by atoms with Crippen LogP contribution in [0, 0.1) is 11.3 Å². The fourth-order valence-electron chi connectivity index (χ4n) is 3.68. The monoisotopic (exact) mass is 467 g/mol. The van der Waals surface area contributed by atoms with E-state index < -0.39 is 5.25 Å². The summed E-state index contributed by atoms with van der Waals surface area (Å²) in [5, 5.41) is 20.3. The number of nitriles is 1. The van der Waals surface area contributed by atoms with Crippen molar-refractivity contribution in [2.24, 2.45) is 0 Å². The Balaban J connectivity index is 1.56. The molecule has 0 N–H and O–H groups in total. The van der Waals surface area contributed by atoms with E-state index in [0.717, 1.165) is 35.8 Å². The number of hydrogen-bond donors (Lipinski definition) is 0. The Kier molecular flexibility index (Phi) is 7.58. The predicted octanol–water partition coefficient (Wildman–Crippen LogP) is 4.61. The number of benzene rings is 1. The normalized spacial score (nSPS) is 16.6. The summed E-state index contributed by atoms with van der Waals surface area (Å²) in [7, 11) is 0. The fraction of sp³-hybridized carbons (Fsp3) is 0.391. The number of carbonyl (C=O) groups is 1. The number of rotatable bonds is 9. The molecule has 0 radical (unpaired) electrons. The van der Waals surface area contributed by atoms with Crippen molar-refractivity contribution in [3.63, 3.8) is 0 Å². The van der Waals surface area contributed by atoms with Crippen LogP contribution in [0.4, 0.5) is 5.69 Å². The average Bonchev–Trinajstić information content (AvgIpc) is 3.58. The number of thiophene rings is 1. The maximum Gasteiger partial charge on any atom is 0.240 e. The van der Waals surface area contributed by atoms with Crippen LogP contribution >= 0.6 is 23.1 Å². The molecule has 1 aliphatic heterocycles. The molecule has 0 spiro atoms. The summed E-state index contributed by atoms with van der Waals surface area (Å²) in [4.78, 5) is 16.1. The number of nitrogens with zero attached hydrogens (tertiary/aromatic N) is 5. The summed E-state index contributed by atoms with van der Waals surface area (Å²) < 4.78 is 7.94. The van der Waals surface area contributed by atoms with Gasteiger partial charge >= 0.3 is 0 Å². The van der Waals surface area contributed by atoms with Gasteiger partial charge in [0.2, 0.25) is 5.91 Å². The first-order valence-corrected chi connectivity index (χ1v) is 12.4. The van der Waals surface area contributed by atoms with Gasteiger partial charge in [-0.15, -0.1) is 21.5 Å². The number of anilines is 1. The van der Waals surface area contributed by atoms with Gasteiger partial charge in [-0.05, 0) is 43.3 Å². The molecule has 2 unspecified atom stereocenters.